The van der Waals surface area contributed by atoms with Gasteiger partial charge in [-0.05, 0) is 43.7 Å². The minimum atomic E-state index is -3.74. The standard InChI is InChI=1S/C21H24N2O4S2/c1-15-6-8-17(9-7-15)29(26,27)21-14-28(24,25)13-20(21)22-11-10-16-12-23-19-5-3-2-4-18(16)19/h2-9,12,20-23H,10-11,13-14H2,1H3. The highest BCUT2D eigenvalue weighted by molar-refractivity contribution is 7.96. The zero-order chi connectivity index (χ0) is 20.6. The number of nitrogens with one attached hydrogen (secondary N) is 2. The van der Waals surface area contributed by atoms with Crippen molar-refractivity contribution in [3.63, 3.8) is 0 Å². The molecule has 2 heterocycles. The van der Waals surface area contributed by atoms with Gasteiger partial charge in [0.25, 0.3) is 0 Å². The Hall–Kier alpha value is -2.16. The van der Waals surface area contributed by atoms with Crippen molar-refractivity contribution < 1.29 is 16.8 Å². The summed E-state index contributed by atoms with van der Waals surface area (Å²) in [7, 11) is -7.15. The summed E-state index contributed by atoms with van der Waals surface area (Å²) in [5, 5.41) is 3.35. The van der Waals surface area contributed by atoms with Gasteiger partial charge in [-0.2, -0.15) is 0 Å². The third-order valence-corrected chi connectivity index (χ3v) is 9.69. The fourth-order valence-electron chi connectivity index (χ4n) is 3.95. The van der Waals surface area contributed by atoms with Gasteiger partial charge in [-0.1, -0.05) is 35.9 Å². The SMILES string of the molecule is Cc1ccc(S(=O)(=O)C2CS(=O)(=O)CC2NCCc2c[nH]c3ccccc23)cc1. The number of hydrogen-bond donors (Lipinski definition) is 2. The number of aromatic amines is 1. The van der Waals surface area contributed by atoms with Crippen molar-refractivity contribution in [2.45, 2.75) is 29.5 Å². The third kappa shape index (κ3) is 4.10. The van der Waals surface area contributed by atoms with Crippen LogP contribution >= 0.6 is 0 Å². The molecule has 0 aliphatic carbocycles. The Balaban J connectivity index is 1.51. The molecule has 1 fully saturated rings. The van der Waals surface area contributed by atoms with Gasteiger partial charge < -0.3 is 10.3 Å². The maximum atomic E-state index is 13.1. The molecule has 1 aliphatic rings. The minimum Gasteiger partial charge on any atom is -0.361 e. The number of sulfone groups is 2. The molecule has 2 aromatic carbocycles. The van der Waals surface area contributed by atoms with E-state index in [0.717, 1.165) is 22.0 Å². The van der Waals surface area contributed by atoms with E-state index in [-0.39, 0.29) is 16.4 Å². The molecule has 0 amide bonds. The molecule has 0 radical (unpaired) electrons. The van der Waals surface area contributed by atoms with Crippen LogP contribution in [0, 0.1) is 6.92 Å². The number of para-hydroxylation sites is 1. The Morgan fingerprint density at radius 3 is 2.55 bits per heavy atom. The second-order valence-corrected chi connectivity index (χ2v) is 12.0. The van der Waals surface area contributed by atoms with Crippen LogP contribution in [0.15, 0.2) is 59.6 Å². The maximum absolute atomic E-state index is 13.1. The van der Waals surface area contributed by atoms with Crippen LogP contribution in [0.1, 0.15) is 11.1 Å². The van der Waals surface area contributed by atoms with Gasteiger partial charge in [-0.25, -0.2) is 16.8 Å². The Morgan fingerprint density at radius 1 is 1.07 bits per heavy atom. The number of benzene rings is 2. The molecular formula is C21H24N2O4S2. The summed E-state index contributed by atoms with van der Waals surface area (Å²) in [6.07, 6.45) is 2.62. The van der Waals surface area contributed by atoms with E-state index >= 15 is 0 Å². The van der Waals surface area contributed by atoms with Crippen molar-refractivity contribution >= 4 is 30.6 Å². The smallest absolute Gasteiger partial charge is 0.183 e. The van der Waals surface area contributed by atoms with Gasteiger partial charge in [0.1, 0.15) is 0 Å². The van der Waals surface area contributed by atoms with Crippen LogP contribution in [0.5, 0.6) is 0 Å². The van der Waals surface area contributed by atoms with Crippen molar-refractivity contribution in [3.8, 4) is 0 Å². The summed E-state index contributed by atoms with van der Waals surface area (Å²) in [4.78, 5) is 3.39. The van der Waals surface area contributed by atoms with E-state index in [4.69, 9.17) is 0 Å². The lowest BCUT2D eigenvalue weighted by Crippen LogP contribution is -2.44. The fraction of sp³-hybridized carbons (Fsp3) is 0.333. The van der Waals surface area contributed by atoms with Crippen LogP contribution in [0.3, 0.4) is 0 Å². The molecule has 4 rings (SSSR count). The van der Waals surface area contributed by atoms with E-state index in [0.29, 0.717) is 13.0 Å². The molecule has 1 aromatic heterocycles. The van der Waals surface area contributed by atoms with Crippen molar-refractivity contribution in [2.24, 2.45) is 0 Å². The second kappa shape index (κ2) is 7.59. The lowest BCUT2D eigenvalue weighted by molar-refractivity contribution is 0.528. The molecule has 2 N–H and O–H groups in total. The predicted molar refractivity (Wildman–Crippen MR) is 115 cm³/mol. The fourth-order valence-corrected chi connectivity index (χ4v) is 8.66. The first-order chi connectivity index (χ1) is 13.8. The minimum absolute atomic E-state index is 0.156. The quantitative estimate of drug-likeness (QED) is 0.623. The molecule has 0 bridgehead atoms. The normalized spacial score (nSPS) is 21.6. The first kappa shape index (κ1) is 20.1. The molecule has 0 saturated carbocycles. The van der Waals surface area contributed by atoms with Gasteiger partial charge in [-0.15, -0.1) is 0 Å². The van der Waals surface area contributed by atoms with E-state index in [9.17, 15) is 16.8 Å². The van der Waals surface area contributed by atoms with Crippen molar-refractivity contribution in [2.75, 3.05) is 18.1 Å². The molecule has 2 unspecified atom stereocenters. The Labute approximate surface area is 171 Å². The molecule has 1 aliphatic heterocycles. The van der Waals surface area contributed by atoms with Gasteiger partial charge in [0.2, 0.25) is 0 Å². The summed E-state index contributed by atoms with van der Waals surface area (Å²) in [6, 6.07) is 13.9. The van der Waals surface area contributed by atoms with Gasteiger partial charge >= 0.3 is 0 Å². The number of aryl methyl sites for hydroxylation is 1. The number of aromatic nitrogens is 1. The highest BCUT2D eigenvalue weighted by Gasteiger charge is 2.45. The molecule has 6 nitrogen and oxygen atoms in total. The predicted octanol–water partition coefficient (Wildman–Crippen LogP) is 2.25. The van der Waals surface area contributed by atoms with Gasteiger partial charge in [0.15, 0.2) is 19.7 Å². The molecule has 29 heavy (non-hydrogen) atoms. The Morgan fingerprint density at radius 2 is 1.79 bits per heavy atom. The largest absolute Gasteiger partial charge is 0.361 e. The van der Waals surface area contributed by atoms with Crippen LogP contribution in [-0.2, 0) is 26.1 Å². The maximum Gasteiger partial charge on any atom is 0.183 e. The lowest BCUT2D eigenvalue weighted by Gasteiger charge is -2.20. The third-order valence-electron chi connectivity index (χ3n) is 5.52. The number of rotatable bonds is 6. The lowest BCUT2D eigenvalue weighted by atomic mass is 10.1. The Bertz CT molecular complexity index is 1230. The first-order valence-electron chi connectivity index (χ1n) is 9.56. The van der Waals surface area contributed by atoms with Crippen LogP contribution < -0.4 is 5.32 Å². The molecule has 3 aromatic rings. The highest BCUT2D eigenvalue weighted by atomic mass is 32.2. The summed E-state index contributed by atoms with van der Waals surface area (Å²) in [5.74, 6) is -0.495. The summed E-state index contributed by atoms with van der Waals surface area (Å²) in [5.41, 5.74) is 3.12. The highest BCUT2D eigenvalue weighted by Crippen LogP contribution is 2.26. The molecular weight excluding hydrogens is 408 g/mol. The average molecular weight is 433 g/mol. The average Bonchev–Trinajstić information content (AvgIpc) is 3.23. The van der Waals surface area contributed by atoms with E-state index in [2.05, 4.69) is 10.3 Å². The first-order valence-corrected chi connectivity index (χ1v) is 12.9. The zero-order valence-corrected chi connectivity index (χ0v) is 17.8. The number of hydrogen-bond acceptors (Lipinski definition) is 5. The van der Waals surface area contributed by atoms with Gasteiger partial charge in [0, 0.05) is 23.1 Å². The second-order valence-electron chi connectivity index (χ2n) is 7.64. The Kier molecular flexibility index (Phi) is 5.27. The van der Waals surface area contributed by atoms with Crippen molar-refractivity contribution in [1.29, 1.82) is 0 Å². The van der Waals surface area contributed by atoms with Crippen molar-refractivity contribution in [1.82, 2.24) is 10.3 Å². The molecule has 0 spiro atoms. The van der Waals surface area contributed by atoms with E-state index in [1.165, 1.54) is 0 Å². The molecule has 2 atom stereocenters. The summed E-state index contributed by atoms with van der Waals surface area (Å²) < 4.78 is 50.7. The summed E-state index contributed by atoms with van der Waals surface area (Å²) >= 11 is 0. The van der Waals surface area contributed by atoms with Crippen LogP contribution in [0.4, 0.5) is 0 Å². The van der Waals surface area contributed by atoms with E-state index in [1.807, 2.05) is 37.4 Å². The summed E-state index contributed by atoms with van der Waals surface area (Å²) in [6.45, 7) is 2.38. The number of fused-ring (bicyclic) bond motifs is 1. The number of H-pyrrole nitrogens is 1. The monoisotopic (exact) mass is 432 g/mol. The van der Waals surface area contributed by atoms with Crippen LogP contribution in [-0.4, -0.2) is 51.2 Å². The molecule has 1 saturated heterocycles. The van der Waals surface area contributed by atoms with Crippen LogP contribution in [0.25, 0.3) is 10.9 Å². The zero-order valence-electron chi connectivity index (χ0n) is 16.1. The molecule has 154 valence electrons. The van der Waals surface area contributed by atoms with Crippen LogP contribution in [0.2, 0.25) is 0 Å². The van der Waals surface area contributed by atoms with Gasteiger partial charge in [-0.3, -0.25) is 0 Å². The van der Waals surface area contributed by atoms with E-state index in [1.54, 1.807) is 24.3 Å². The topological polar surface area (TPSA) is 96.1 Å². The van der Waals surface area contributed by atoms with Gasteiger partial charge in [0.05, 0.1) is 21.7 Å². The van der Waals surface area contributed by atoms with Crippen molar-refractivity contribution in [3.05, 3.63) is 65.9 Å². The molecule has 8 heteroatoms. The van der Waals surface area contributed by atoms with E-state index < -0.39 is 31.0 Å².